The Labute approximate surface area is 223 Å². The first-order chi connectivity index (χ1) is 18.7. The van der Waals surface area contributed by atoms with E-state index in [2.05, 4.69) is 10.3 Å². The average Bonchev–Trinajstić information content (AvgIpc) is 2.91. The largest absolute Gasteiger partial charge is 0.475 e. The molecule has 1 aromatic rings. The van der Waals surface area contributed by atoms with Crippen LogP contribution in [0.4, 0.5) is 10.5 Å². The fraction of sp³-hybridized carbons (Fsp3) is 0.750. The van der Waals surface area contributed by atoms with Gasteiger partial charge in [0, 0.05) is 12.6 Å². The maximum atomic E-state index is 10.2. The molecule has 14 heteroatoms. The number of pyridine rings is 1. The van der Waals surface area contributed by atoms with E-state index in [9.17, 15) is 4.79 Å². The number of rotatable bonds is 28. The van der Waals surface area contributed by atoms with E-state index >= 15 is 0 Å². The van der Waals surface area contributed by atoms with Crippen molar-refractivity contribution in [1.82, 2.24) is 10.3 Å². The summed E-state index contributed by atoms with van der Waals surface area (Å²) in [5.41, 5.74) is 6.16. The Morgan fingerprint density at radius 3 is 1.34 bits per heavy atom. The predicted octanol–water partition coefficient (Wildman–Crippen LogP) is 0.443. The van der Waals surface area contributed by atoms with Crippen molar-refractivity contribution in [3.8, 4) is 5.88 Å². The highest BCUT2D eigenvalue weighted by molar-refractivity contribution is 5.64. The van der Waals surface area contributed by atoms with Crippen LogP contribution in [-0.2, 0) is 37.9 Å². The Kier molecular flexibility index (Phi) is 23.4. The number of ether oxygens (including phenoxy) is 9. The molecule has 0 aliphatic carbocycles. The van der Waals surface area contributed by atoms with Gasteiger partial charge in [0.2, 0.25) is 5.88 Å². The molecule has 0 atom stereocenters. The van der Waals surface area contributed by atoms with Gasteiger partial charge in [0.1, 0.15) is 6.61 Å². The zero-order valence-corrected chi connectivity index (χ0v) is 22.0. The highest BCUT2D eigenvalue weighted by atomic mass is 16.6. The van der Waals surface area contributed by atoms with Crippen LogP contribution in [0.25, 0.3) is 0 Å². The third-order valence-corrected chi connectivity index (χ3v) is 4.36. The fourth-order valence-corrected chi connectivity index (χ4v) is 2.55. The van der Waals surface area contributed by atoms with Crippen molar-refractivity contribution in [2.75, 3.05) is 125 Å². The highest BCUT2D eigenvalue weighted by Crippen LogP contribution is 2.07. The quantitative estimate of drug-likeness (QED) is 0.123. The van der Waals surface area contributed by atoms with E-state index in [1.807, 2.05) is 0 Å². The van der Waals surface area contributed by atoms with E-state index in [0.717, 1.165) is 0 Å². The number of nitrogens with one attached hydrogen (secondary N) is 1. The molecule has 0 unspecified atom stereocenters. The van der Waals surface area contributed by atoms with E-state index in [0.29, 0.717) is 124 Å². The summed E-state index contributed by atoms with van der Waals surface area (Å²) < 4.78 is 48.5. The van der Waals surface area contributed by atoms with Gasteiger partial charge in [0.05, 0.1) is 118 Å². The molecule has 0 aromatic carbocycles. The van der Waals surface area contributed by atoms with E-state index in [1.54, 1.807) is 18.3 Å². The van der Waals surface area contributed by atoms with Gasteiger partial charge < -0.3 is 58.8 Å². The van der Waals surface area contributed by atoms with Crippen molar-refractivity contribution >= 4 is 11.8 Å². The van der Waals surface area contributed by atoms with Crippen molar-refractivity contribution in [2.24, 2.45) is 0 Å². The lowest BCUT2D eigenvalue weighted by Crippen LogP contribution is -2.25. The Morgan fingerprint density at radius 1 is 0.632 bits per heavy atom. The lowest BCUT2D eigenvalue weighted by molar-refractivity contribution is -0.0235. The summed E-state index contributed by atoms with van der Waals surface area (Å²) in [6, 6.07) is 3.45. The number of carboxylic acid groups (broad SMARTS) is 1. The van der Waals surface area contributed by atoms with Crippen molar-refractivity contribution < 1.29 is 52.5 Å². The second-order valence-electron chi connectivity index (χ2n) is 7.41. The molecule has 38 heavy (non-hydrogen) atoms. The molecule has 0 radical (unpaired) electrons. The minimum atomic E-state index is -1.06. The summed E-state index contributed by atoms with van der Waals surface area (Å²) in [6.07, 6.45) is 0.483. The van der Waals surface area contributed by atoms with Gasteiger partial charge in [-0.1, -0.05) is 0 Å². The van der Waals surface area contributed by atoms with Crippen LogP contribution in [-0.4, -0.2) is 135 Å². The number of anilines is 1. The van der Waals surface area contributed by atoms with Gasteiger partial charge >= 0.3 is 6.09 Å². The van der Waals surface area contributed by atoms with Crippen LogP contribution in [0.5, 0.6) is 5.88 Å². The van der Waals surface area contributed by atoms with Crippen LogP contribution in [0.15, 0.2) is 18.3 Å². The normalized spacial score (nSPS) is 11.1. The van der Waals surface area contributed by atoms with Crippen molar-refractivity contribution in [2.45, 2.75) is 0 Å². The minimum Gasteiger partial charge on any atom is -0.475 e. The number of nitrogen functional groups attached to an aromatic ring is 1. The smallest absolute Gasteiger partial charge is 0.404 e. The summed E-state index contributed by atoms with van der Waals surface area (Å²) in [6.45, 7) is 8.03. The minimum absolute atomic E-state index is 0.258. The second kappa shape index (κ2) is 26.3. The molecule has 0 aliphatic rings. The Bertz CT molecular complexity index is 656. The number of amides is 1. The molecule has 1 heterocycles. The van der Waals surface area contributed by atoms with Crippen LogP contribution < -0.4 is 15.8 Å². The molecule has 1 rings (SSSR count). The summed E-state index contributed by atoms with van der Waals surface area (Å²) >= 11 is 0. The number of hydrogen-bond acceptors (Lipinski definition) is 12. The van der Waals surface area contributed by atoms with Gasteiger partial charge in [-0.05, 0) is 6.07 Å². The molecule has 0 saturated carbocycles. The average molecular weight is 550 g/mol. The second-order valence-corrected chi connectivity index (χ2v) is 7.41. The van der Waals surface area contributed by atoms with Crippen molar-refractivity contribution in [3.05, 3.63) is 18.3 Å². The van der Waals surface area contributed by atoms with E-state index < -0.39 is 6.09 Å². The molecule has 4 N–H and O–H groups in total. The van der Waals surface area contributed by atoms with Gasteiger partial charge in [-0.15, -0.1) is 0 Å². The number of aromatic nitrogens is 1. The summed E-state index contributed by atoms with van der Waals surface area (Å²) in [4.78, 5) is 14.3. The number of hydrogen-bond donors (Lipinski definition) is 3. The SMILES string of the molecule is Nc1ccc(OCCOCCOCCOCCOCCOCCOCCOCCOCCNC(=O)O)nc1. The molecule has 0 bridgehead atoms. The molecule has 220 valence electrons. The molecular formula is C24H43N3O11. The summed E-state index contributed by atoms with van der Waals surface area (Å²) in [5.74, 6) is 0.517. The lowest BCUT2D eigenvalue weighted by Gasteiger charge is -2.09. The molecule has 0 saturated heterocycles. The third-order valence-electron chi connectivity index (χ3n) is 4.36. The summed E-state index contributed by atoms with van der Waals surface area (Å²) in [5, 5.41) is 10.6. The fourth-order valence-electron chi connectivity index (χ4n) is 2.55. The zero-order valence-electron chi connectivity index (χ0n) is 22.0. The van der Waals surface area contributed by atoms with Crippen LogP contribution in [0.1, 0.15) is 0 Å². The molecular weight excluding hydrogens is 506 g/mol. The van der Waals surface area contributed by atoms with Gasteiger partial charge in [-0.2, -0.15) is 0 Å². The van der Waals surface area contributed by atoms with Crippen LogP contribution in [0.2, 0.25) is 0 Å². The first-order valence-electron chi connectivity index (χ1n) is 12.6. The monoisotopic (exact) mass is 549 g/mol. The molecule has 0 spiro atoms. The van der Waals surface area contributed by atoms with Gasteiger partial charge in [-0.25, -0.2) is 9.78 Å². The van der Waals surface area contributed by atoms with Gasteiger partial charge in [-0.3, -0.25) is 0 Å². The molecule has 1 aromatic heterocycles. The van der Waals surface area contributed by atoms with Crippen molar-refractivity contribution in [3.63, 3.8) is 0 Å². The van der Waals surface area contributed by atoms with E-state index in [1.165, 1.54) is 0 Å². The Hall–Kier alpha value is -2.30. The van der Waals surface area contributed by atoms with E-state index in [4.69, 9.17) is 53.5 Å². The summed E-state index contributed by atoms with van der Waals surface area (Å²) in [7, 11) is 0. The molecule has 1 amide bonds. The lowest BCUT2D eigenvalue weighted by atomic mass is 10.4. The van der Waals surface area contributed by atoms with Crippen molar-refractivity contribution in [1.29, 1.82) is 0 Å². The van der Waals surface area contributed by atoms with Gasteiger partial charge in [0.15, 0.2) is 0 Å². The number of carbonyl (C=O) groups is 1. The first-order valence-corrected chi connectivity index (χ1v) is 12.6. The molecule has 0 fully saturated rings. The Morgan fingerprint density at radius 2 is 1.00 bits per heavy atom. The maximum absolute atomic E-state index is 10.2. The first kappa shape index (κ1) is 33.7. The van der Waals surface area contributed by atoms with Gasteiger partial charge in [0.25, 0.3) is 0 Å². The van der Waals surface area contributed by atoms with Crippen LogP contribution >= 0.6 is 0 Å². The van der Waals surface area contributed by atoms with Crippen LogP contribution in [0.3, 0.4) is 0 Å². The predicted molar refractivity (Wildman–Crippen MR) is 137 cm³/mol. The van der Waals surface area contributed by atoms with Crippen LogP contribution in [0, 0.1) is 0 Å². The zero-order chi connectivity index (χ0) is 27.4. The topological polar surface area (TPSA) is 171 Å². The molecule has 14 nitrogen and oxygen atoms in total. The van der Waals surface area contributed by atoms with E-state index in [-0.39, 0.29) is 6.54 Å². The Balaban J connectivity index is 1.65. The number of nitrogens with zero attached hydrogens (tertiary/aromatic N) is 1. The molecule has 0 aliphatic heterocycles. The number of nitrogens with two attached hydrogens (primary N) is 1. The maximum Gasteiger partial charge on any atom is 0.404 e. The standard InChI is InChI=1S/C24H43N3O11/c25-22-1-2-23(27-21-22)38-20-19-37-18-17-36-16-15-35-14-13-34-12-11-33-10-9-32-8-7-31-6-5-30-4-3-26-24(28)29/h1-2,21,26H,3-20,25H2,(H,28,29). The highest BCUT2D eigenvalue weighted by Gasteiger charge is 1.97. The third kappa shape index (κ3) is 24.1.